The molecule has 94 valence electrons. The summed E-state index contributed by atoms with van der Waals surface area (Å²) in [5.74, 6) is 0. The summed E-state index contributed by atoms with van der Waals surface area (Å²) in [6, 6.07) is 11.9. The summed E-state index contributed by atoms with van der Waals surface area (Å²) >= 11 is 0. The molecular weight excluding hydrogens is 234 g/mol. The first kappa shape index (κ1) is 12.9. The van der Waals surface area contributed by atoms with Crippen molar-refractivity contribution in [2.75, 3.05) is 0 Å². The Morgan fingerprint density at radius 3 is 2.35 bits per heavy atom. The predicted octanol–water partition coefficient (Wildman–Crippen LogP) is 2.91. The predicted molar refractivity (Wildman–Crippen MR) is 71.4 cm³/mol. The molecule has 0 saturated carbocycles. The Kier molecular flexibility index (Phi) is 4.43. The summed E-state index contributed by atoms with van der Waals surface area (Å²) in [7, 11) is 0. The van der Waals surface area contributed by atoms with Crippen LogP contribution in [0, 0.1) is 0 Å². The molecule has 1 aromatic rings. The van der Waals surface area contributed by atoms with Gasteiger partial charge in [-0.25, -0.2) is 0 Å². The van der Waals surface area contributed by atoms with Crippen LogP contribution in [0.2, 0.25) is 0 Å². The van der Waals surface area contributed by atoms with E-state index in [2.05, 4.69) is 29.6 Å². The molecule has 17 heavy (non-hydrogen) atoms. The van der Waals surface area contributed by atoms with Crippen molar-refractivity contribution in [2.45, 2.75) is 50.5 Å². The molecule has 1 aromatic carbocycles. The second-order valence-corrected chi connectivity index (χ2v) is 5.03. The molecular formula is C14H20ClNO. The van der Waals surface area contributed by atoms with E-state index in [1.54, 1.807) is 0 Å². The highest BCUT2D eigenvalue weighted by atomic mass is 35.5. The van der Waals surface area contributed by atoms with Crippen LogP contribution >= 0.6 is 12.4 Å². The first-order valence-electron chi connectivity index (χ1n) is 6.32. The van der Waals surface area contributed by atoms with Gasteiger partial charge in [0.15, 0.2) is 0 Å². The van der Waals surface area contributed by atoms with Crippen molar-refractivity contribution in [3.8, 4) is 0 Å². The van der Waals surface area contributed by atoms with Gasteiger partial charge in [0.1, 0.15) is 0 Å². The highest BCUT2D eigenvalue weighted by Crippen LogP contribution is 2.28. The van der Waals surface area contributed by atoms with E-state index in [1.807, 2.05) is 6.07 Å². The molecule has 0 spiro atoms. The second kappa shape index (κ2) is 5.85. The number of benzene rings is 1. The quantitative estimate of drug-likeness (QED) is 0.895. The fraction of sp³-hybridized carbons (Fsp3) is 0.571. The van der Waals surface area contributed by atoms with Crippen LogP contribution in [0.25, 0.3) is 0 Å². The lowest BCUT2D eigenvalue weighted by Crippen LogP contribution is -2.41. The summed E-state index contributed by atoms with van der Waals surface area (Å²) in [5, 5.41) is 3.64. The van der Waals surface area contributed by atoms with Gasteiger partial charge in [-0.15, -0.1) is 12.4 Å². The van der Waals surface area contributed by atoms with E-state index in [-0.39, 0.29) is 12.4 Å². The normalized spacial score (nSPS) is 30.9. The Balaban J connectivity index is 0.00000108. The van der Waals surface area contributed by atoms with Crippen molar-refractivity contribution in [1.29, 1.82) is 0 Å². The van der Waals surface area contributed by atoms with Crippen LogP contribution in [-0.2, 0) is 11.3 Å². The minimum absolute atomic E-state index is 0. The van der Waals surface area contributed by atoms with E-state index in [0.717, 1.165) is 18.7 Å². The maximum atomic E-state index is 6.01. The summed E-state index contributed by atoms with van der Waals surface area (Å²) < 4.78 is 6.01. The summed E-state index contributed by atoms with van der Waals surface area (Å²) in [6.45, 7) is 0.769. The van der Waals surface area contributed by atoms with Crippen molar-refractivity contribution in [3.05, 3.63) is 35.9 Å². The van der Waals surface area contributed by atoms with E-state index >= 15 is 0 Å². The van der Waals surface area contributed by atoms with Gasteiger partial charge in [0, 0.05) is 12.1 Å². The van der Waals surface area contributed by atoms with Crippen LogP contribution in [-0.4, -0.2) is 18.2 Å². The molecule has 0 aromatic heterocycles. The van der Waals surface area contributed by atoms with Crippen LogP contribution in [0.1, 0.15) is 31.2 Å². The standard InChI is InChI=1S/C14H19NO.ClH/c1-2-4-11(5-3-1)10-16-14-8-12-6-7-13(9-14)15-12;/h1-5,12-15H,6-10H2;1H/t12-,13+,14?;. The van der Waals surface area contributed by atoms with Crippen molar-refractivity contribution in [2.24, 2.45) is 0 Å². The minimum Gasteiger partial charge on any atom is -0.373 e. The molecule has 1 unspecified atom stereocenters. The Hall–Kier alpha value is -0.570. The van der Waals surface area contributed by atoms with E-state index < -0.39 is 0 Å². The molecule has 0 aliphatic carbocycles. The molecule has 1 N–H and O–H groups in total. The molecule has 3 heteroatoms. The number of hydrogen-bond acceptors (Lipinski definition) is 2. The maximum absolute atomic E-state index is 6.01. The second-order valence-electron chi connectivity index (χ2n) is 5.03. The van der Waals surface area contributed by atoms with Gasteiger partial charge >= 0.3 is 0 Å². The van der Waals surface area contributed by atoms with Crippen LogP contribution in [0.15, 0.2) is 30.3 Å². The minimum atomic E-state index is 0. The van der Waals surface area contributed by atoms with Crippen LogP contribution in [0.5, 0.6) is 0 Å². The first-order valence-corrected chi connectivity index (χ1v) is 6.32. The maximum Gasteiger partial charge on any atom is 0.0720 e. The van der Waals surface area contributed by atoms with Gasteiger partial charge in [-0.2, -0.15) is 0 Å². The highest BCUT2D eigenvalue weighted by molar-refractivity contribution is 5.85. The average molecular weight is 254 g/mol. The fourth-order valence-electron chi connectivity index (χ4n) is 2.93. The third-order valence-corrected chi connectivity index (χ3v) is 3.76. The SMILES string of the molecule is Cl.c1ccc(COC2C[C@H]3CC[C@@H](C2)N3)cc1. The molecule has 3 rings (SSSR count). The number of nitrogens with one attached hydrogen (secondary N) is 1. The van der Waals surface area contributed by atoms with Gasteiger partial charge in [0.05, 0.1) is 12.7 Å². The molecule has 2 bridgehead atoms. The highest BCUT2D eigenvalue weighted by Gasteiger charge is 2.33. The zero-order valence-corrected chi connectivity index (χ0v) is 10.8. The summed E-state index contributed by atoms with van der Waals surface area (Å²) in [6.07, 6.45) is 5.55. The van der Waals surface area contributed by atoms with Crippen LogP contribution < -0.4 is 5.32 Å². The van der Waals surface area contributed by atoms with Gasteiger partial charge in [-0.3, -0.25) is 0 Å². The fourth-order valence-corrected chi connectivity index (χ4v) is 2.93. The van der Waals surface area contributed by atoms with E-state index in [9.17, 15) is 0 Å². The molecule has 2 aliphatic heterocycles. The molecule has 2 fully saturated rings. The Labute approximate surface area is 109 Å². The van der Waals surface area contributed by atoms with Gasteiger partial charge < -0.3 is 10.1 Å². The summed E-state index contributed by atoms with van der Waals surface area (Å²) in [5.41, 5.74) is 1.29. The third-order valence-electron chi connectivity index (χ3n) is 3.76. The lowest BCUT2D eigenvalue weighted by atomic mass is 10.0. The topological polar surface area (TPSA) is 21.3 Å². The van der Waals surface area contributed by atoms with Gasteiger partial charge in [0.25, 0.3) is 0 Å². The van der Waals surface area contributed by atoms with Crippen molar-refractivity contribution < 1.29 is 4.74 Å². The number of halogens is 1. The first-order chi connectivity index (χ1) is 7.90. The van der Waals surface area contributed by atoms with Crippen molar-refractivity contribution >= 4 is 12.4 Å². The largest absolute Gasteiger partial charge is 0.373 e. The summed E-state index contributed by atoms with van der Waals surface area (Å²) in [4.78, 5) is 0. The molecule has 0 radical (unpaired) electrons. The van der Waals surface area contributed by atoms with Gasteiger partial charge in [-0.05, 0) is 31.2 Å². The number of ether oxygens (including phenoxy) is 1. The van der Waals surface area contributed by atoms with E-state index in [4.69, 9.17) is 4.74 Å². The van der Waals surface area contributed by atoms with Gasteiger partial charge in [-0.1, -0.05) is 30.3 Å². The lowest BCUT2D eigenvalue weighted by Gasteiger charge is -2.29. The smallest absolute Gasteiger partial charge is 0.0720 e. The molecule has 2 aliphatic rings. The molecule has 2 saturated heterocycles. The molecule has 0 amide bonds. The number of hydrogen-bond donors (Lipinski definition) is 1. The van der Waals surface area contributed by atoms with E-state index in [0.29, 0.717) is 6.10 Å². The Bertz CT molecular complexity index is 331. The average Bonchev–Trinajstić information content (AvgIpc) is 2.67. The number of fused-ring (bicyclic) bond motifs is 2. The van der Waals surface area contributed by atoms with E-state index in [1.165, 1.54) is 31.2 Å². The van der Waals surface area contributed by atoms with Crippen molar-refractivity contribution in [1.82, 2.24) is 5.32 Å². The molecule has 3 atom stereocenters. The zero-order valence-electron chi connectivity index (χ0n) is 9.97. The molecule has 2 nitrogen and oxygen atoms in total. The van der Waals surface area contributed by atoms with Gasteiger partial charge in [0.2, 0.25) is 0 Å². The number of piperidine rings is 1. The monoisotopic (exact) mass is 253 g/mol. The third kappa shape index (κ3) is 3.21. The van der Waals surface area contributed by atoms with Crippen LogP contribution in [0.4, 0.5) is 0 Å². The van der Waals surface area contributed by atoms with Crippen LogP contribution in [0.3, 0.4) is 0 Å². The Morgan fingerprint density at radius 1 is 1.06 bits per heavy atom. The Morgan fingerprint density at radius 2 is 1.71 bits per heavy atom. The lowest BCUT2D eigenvalue weighted by molar-refractivity contribution is 0.00917. The zero-order chi connectivity index (χ0) is 10.8. The molecule has 2 heterocycles. The number of rotatable bonds is 3. The van der Waals surface area contributed by atoms with Crippen molar-refractivity contribution in [3.63, 3.8) is 0 Å².